The second-order valence-electron chi connectivity index (χ2n) is 5.34. The van der Waals surface area contributed by atoms with Crippen LogP contribution in [-0.2, 0) is 10.0 Å². The zero-order valence-corrected chi connectivity index (χ0v) is 14.2. The summed E-state index contributed by atoms with van der Waals surface area (Å²) in [6.07, 6.45) is 0.900. The van der Waals surface area contributed by atoms with Crippen LogP contribution in [0.4, 0.5) is 0 Å². The first-order chi connectivity index (χ1) is 11.1. The molecule has 0 saturated carbocycles. The lowest BCUT2D eigenvalue weighted by molar-refractivity contribution is 0.481. The van der Waals surface area contributed by atoms with Gasteiger partial charge in [-0.3, -0.25) is 0 Å². The Hall–Kier alpha value is -1.38. The van der Waals surface area contributed by atoms with Crippen molar-refractivity contribution < 1.29 is 8.42 Å². The van der Waals surface area contributed by atoms with Crippen LogP contribution in [0.5, 0.6) is 0 Å². The Labute approximate surface area is 141 Å². The van der Waals surface area contributed by atoms with Crippen LogP contribution in [0.1, 0.15) is 6.42 Å². The molecule has 0 amide bonds. The maximum absolute atomic E-state index is 12.2. The van der Waals surface area contributed by atoms with E-state index in [1.54, 1.807) is 42.3 Å². The Morgan fingerprint density at radius 1 is 1.00 bits per heavy atom. The third-order valence-corrected chi connectivity index (χ3v) is 5.93. The maximum Gasteiger partial charge on any atom is 0.253 e. The lowest BCUT2D eigenvalue weighted by Crippen LogP contribution is -2.45. The summed E-state index contributed by atoms with van der Waals surface area (Å²) >= 11 is 1.70. The van der Waals surface area contributed by atoms with Crippen molar-refractivity contribution in [3.8, 4) is 0 Å². The Bertz CT molecular complexity index is 724. The summed E-state index contributed by atoms with van der Waals surface area (Å²) in [7, 11) is -3.51. The molecule has 1 fully saturated rings. The van der Waals surface area contributed by atoms with Crippen LogP contribution in [-0.4, -0.2) is 31.9 Å². The standard InChI is InChI=1S/C16H19N3O2S2/c20-23(21,16-9-5-2-6-10-16)18-17-14-11-12-19(13-14)22-15-7-3-1-4-8-15/h1-10,14,17-18H,11-13H2. The lowest BCUT2D eigenvalue weighted by Gasteiger charge is -2.16. The fourth-order valence-corrected chi connectivity index (χ4v) is 4.36. The molecule has 0 bridgehead atoms. The van der Waals surface area contributed by atoms with Crippen LogP contribution in [0, 0.1) is 0 Å². The molecular weight excluding hydrogens is 330 g/mol. The smallest absolute Gasteiger partial charge is 0.245 e. The second-order valence-corrected chi connectivity index (χ2v) is 8.19. The Kier molecular flexibility index (Phi) is 5.34. The molecule has 2 aromatic carbocycles. The van der Waals surface area contributed by atoms with Crippen LogP contribution in [0.3, 0.4) is 0 Å². The highest BCUT2D eigenvalue weighted by Crippen LogP contribution is 2.26. The van der Waals surface area contributed by atoms with E-state index in [0.29, 0.717) is 0 Å². The van der Waals surface area contributed by atoms with Crippen LogP contribution in [0.15, 0.2) is 70.5 Å². The summed E-state index contributed by atoms with van der Waals surface area (Å²) in [6.45, 7) is 1.71. The molecule has 23 heavy (non-hydrogen) atoms. The van der Waals surface area contributed by atoms with Gasteiger partial charge in [-0.1, -0.05) is 36.4 Å². The van der Waals surface area contributed by atoms with E-state index in [4.69, 9.17) is 0 Å². The van der Waals surface area contributed by atoms with Crippen molar-refractivity contribution in [2.75, 3.05) is 13.1 Å². The van der Waals surface area contributed by atoms with E-state index >= 15 is 0 Å². The van der Waals surface area contributed by atoms with Gasteiger partial charge in [0.2, 0.25) is 0 Å². The molecule has 0 aromatic heterocycles. The van der Waals surface area contributed by atoms with Crippen LogP contribution >= 0.6 is 11.9 Å². The number of sulfonamides is 1. The van der Waals surface area contributed by atoms with E-state index in [2.05, 4.69) is 26.7 Å². The number of nitrogens with one attached hydrogen (secondary N) is 2. The first-order valence-corrected chi connectivity index (χ1v) is 9.69. The zero-order valence-electron chi connectivity index (χ0n) is 12.6. The molecule has 5 nitrogen and oxygen atoms in total. The van der Waals surface area contributed by atoms with E-state index < -0.39 is 10.0 Å². The highest BCUT2D eigenvalue weighted by molar-refractivity contribution is 7.97. The monoisotopic (exact) mass is 349 g/mol. The van der Waals surface area contributed by atoms with Crippen LogP contribution in [0.25, 0.3) is 0 Å². The predicted molar refractivity (Wildman–Crippen MR) is 92.2 cm³/mol. The van der Waals surface area contributed by atoms with Crippen molar-refractivity contribution in [3.05, 3.63) is 60.7 Å². The Balaban J connectivity index is 1.51. The van der Waals surface area contributed by atoms with Crippen molar-refractivity contribution >= 4 is 22.0 Å². The topological polar surface area (TPSA) is 61.4 Å². The van der Waals surface area contributed by atoms with Gasteiger partial charge in [-0.15, -0.1) is 4.83 Å². The molecular formula is C16H19N3O2S2. The maximum atomic E-state index is 12.2. The van der Waals surface area contributed by atoms with Crippen molar-refractivity contribution in [3.63, 3.8) is 0 Å². The first-order valence-electron chi connectivity index (χ1n) is 7.44. The molecule has 7 heteroatoms. The molecule has 1 aliphatic rings. The lowest BCUT2D eigenvalue weighted by atomic mass is 10.3. The molecule has 1 unspecified atom stereocenters. The van der Waals surface area contributed by atoms with Gasteiger partial charge in [-0.2, -0.15) is 0 Å². The first kappa shape index (κ1) is 16.5. The highest BCUT2D eigenvalue weighted by Gasteiger charge is 2.24. The third kappa shape index (κ3) is 4.55. The number of rotatable bonds is 6. The summed E-state index contributed by atoms with van der Waals surface area (Å²) in [5.74, 6) is 0. The van der Waals surface area contributed by atoms with E-state index in [-0.39, 0.29) is 10.9 Å². The SMILES string of the molecule is O=S(=O)(NNC1CCN(Sc2ccccc2)C1)c1ccccc1. The van der Waals surface area contributed by atoms with E-state index in [1.807, 2.05) is 18.2 Å². The van der Waals surface area contributed by atoms with E-state index in [0.717, 1.165) is 19.5 Å². The Morgan fingerprint density at radius 2 is 1.65 bits per heavy atom. The van der Waals surface area contributed by atoms with E-state index in [9.17, 15) is 8.42 Å². The van der Waals surface area contributed by atoms with Gasteiger partial charge in [-0.05, 0) is 42.6 Å². The molecule has 2 N–H and O–H groups in total. The van der Waals surface area contributed by atoms with Crippen LogP contribution < -0.4 is 10.3 Å². The third-order valence-electron chi connectivity index (χ3n) is 3.58. The molecule has 0 radical (unpaired) electrons. The summed E-state index contributed by atoms with van der Waals surface area (Å²) < 4.78 is 26.6. The van der Waals surface area contributed by atoms with Crippen molar-refractivity contribution in [1.29, 1.82) is 0 Å². The molecule has 2 aromatic rings. The summed E-state index contributed by atoms with van der Waals surface area (Å²) in [5, 5.41) is 0. The van der Waals surface area contributed by atoms with Crippen molar-refractivity contribution in [2.45, 2.75) is 22.3 Å². The fourth-order valence-electron chi connectivity index (χ4n) is 2.38. The molecule has 0 aliphatic carbocycles. The average Bonchev–Trinajstić information content (AvgIpc) is 3.02. The Morgan fingerprint density at radius 3 is 2.35 bits per heavy atom. The molecule has 1 aliphatic heterocycles. The quantitative estimate of drug-likeness (QED) is 0.619. The predicted octanol–water partition coefficient (Wildman–Crippen LogP) is 2.25. The molecule has 3 rings (SSSR count). The summed E-state index contributed by atoms with van der Waals surface area (Å²) in [4.78, 5) is 3.95. The average molecular weight is 349 g/mol. The number of benzene rings is 2. The molecule has 1 heterocycles. The van der Waals surface area contributed by atoms with E-state index in [1.165, 1.54) is 4.90 Å². The van der Waals surface area contributed by atoms with Gasteiger partial charge in [0.15, 0.2) is 0 Å². The van der Waals surface area contributed by atoms with Gasteiger partial charge < -0.3 is 0 Å². The fraction of sp³-hybridized carbons (Fsp3) is 0.250. The summed E-state index contributed by atoms with van der Waals surface area (Å²) in [5.41, 5.74) is 2.94. The molecule has 0 spiro atoms. The van der Waals surface area contributed by atoms with Gasteiger partial charge in [-0.25, -0.2) is 18.1 Å². The van der Waals surface area contributed by atoms with Gasteiger partial charge in [0, 0.05) is 24.0 Å². The normalized spacial score (nSPS) is 19.0. The minimum atomic E-state index is -3.51. The van der Waals surface area contributed by atoms with Crippen molar-refractivity contribution in [1.82, 2.24) is 14.6 Å². The van der Waals surface area contributed by atoms with Crippen molar-refractivity contribution in [2.24, 2.45) is 0 Å². The number of hydrazine groups is 1. The van der Waals surface area contributed by atoms with Gasteiger partial charge in [0.25, 0.3) is 10.0 Å². The molecule has 1 atom stereocenters. The number of hydrogen-bond acceptors (Lipinski definition) is 5. The molecule has 122 valence electrons. The number of nitrogens with zero attached hydrogens (tertiary/aromatic N) is 1. The van der Waals surface area contributed by atoms with Gasteiger partial charge >= 0.3 is 0 Å². The minimum absolute atomic E-state index is 0.102. The minimum Gasteiger partial charge on any atom is -0.245 e. The highest BCUT2D eigenvalue weighted by atomic mass is 32.2. The zero-order chi connectivity index (χ0) is 16.1. The summed E-state index contributed by atoms with van der Waals surface area (Å²) in [6, 6.07) is 18.7. The number of hydrogen-bond donors (Lipinski definition) is 2. The van der Waals surface area contributed by atoms with Gasteiger partial charge in [0.05, 0.1) is 4.90 Å². The van der Waals surface area contributed by atoms with Gasteiger partial charge in [0.1, 0.15) is 0 Å². The molecule has 1 saturated heterocycles. The largest absolute Gasteiger partial charge is 0.253 e. The second kappa shape index (κ2) is 7.46. The van der Waals surface area contributed by atoms with Crippen LogP contribution in [0.2, 0.25) is 0 Å².